The van der Waals surface area contributed by atoms with E-state index >= 15 is 0 Å². The predicted octanol–water partition coefficient (Wildman–Crippen LogP) is 3.81. The highest BCUT2D eigenvalue weighted by molar-refractivity contribution is 7.15. The van der Waals surface area contributed by atoms with Crippen molar-refractivity contribution in [2.45, 2.75) is 0 Å². The summed E-state index contributed by atoms with van der Waals surface area (Å²) in [7, 11) is 0. The SMILES string of the molecule is O=c1/c(=C/c2c(F)cccc2Cl)sc2nnc(-c3ccccc3Cl)n12. The fourth-order valence-electron chi connectivity index (χ4n) is 2.46. The van der Waals surface area contributed by atoms with E-state index in [2.05, 4.69) is 10.2 Å². The second-order valence-corrected chi connectivity index (χ2v) is 7.00. The topological polar surface area (TPSA) is 47.3 Å². The Morgan fingerprint density at radius 1 is 1.04 bits per heavy atom. The third-order valence-corrected chi connectivity index (χ3v) is 5.26. The van der Waals surface area contributed by atoms with Gasteiger partial charge in [-0.05, 0) is 30.3 Å². The number of halogens is 3. The van der Waals surface area contributed by atoms with Gasteiger partial charge in [-0.25, -0.2) is 8.79 Å². The van der Waals surface area contributed by atoms with Crippen LogP contribution in [0.15, 0.2) is 47.3 Å². The van der Waals surface area contributed by atoms with Crippen molar-refractivity contribution >= 4 is 45.6 Å². The summed E-state index contributed by atoms with van der Waals surface area (Å²) in [4.78, 5) is 13.2. The summed E-state index contributed by atoms with van der Waals surface area (Å²) in [5, 5.41) is 8.78. The molecule has 2 heterocycles. The number of hydrogen-bond acceptors (Lipinski definition) is 4. The van der Waals surface area contributed by atoms with Crippen molar-refractivity contribution in [2.24, 2.45) is 0 Å². The van der Waals surface area contributed by atoms with Crippen LogP contribution in [-0.2, 0) is 0 Å². The van der Waals surface area contributed by atoms with Crippen LogP contribution in [0.3, 0.4) is 0 Å². The van der Waals surface area contributed by atoms with Crippen LogP contribution in [0, 0.1) is 5.82 Å². The molecule has 124 valence electrons. The van der Waals surface area contributed by atoms with E-state index in [0.29, 0.717) is 25.9 Å². The van der Waals surface area contributed by atoms with Gasteiger partial charge in [-0.2, -0.15) is 0 Å². The third-order valence-electron chi connectivity index (χ3n) is 3.64. The molecule has 0 saturated heterocycles. The summed E-state index contributed by atoms with van der Waals surface area (Å²) in [5.41, 5.74) is 0.416. The van der Waals surface area contributed by atoms with Crippen molar-refractivity contribution in [3.63, 3.8) is 0 Å². The fraction of sp³-hybridized carbons (Fsp3) is 0. The molecule has 4 rings (SSSR count). The molecule has 0 atom stereocenters. The van der Waals surface area contributed by atoms with Gasteiger partial charge in [-0.15, -0.1) is 10.2 Å². The van der Waals surface area contributed by atoms with E-state index < -0.39 is 5.82 Å². The molecule has 0 radical (unpaired) electrons. The molecule has 2 aromatic carbocycles. The first-order valence-corrected chi connectivity index (χ1v) is 8.72. The van der Waals surface area contributed by atoms with Gasteiger partial charge in [0.05, 0.1) is 14.6 Å². The minimum Gasteiger partial charge on any atom is -0.267 e. The minimum absolute atomic E-state index is 0.165. The molecule has 2 aromatic heterocycles. The number of hydrogen-bond donors (Lipinski definition) is 0. The summed E-state index contributed by atoms with van der Waals surface area (Å²) in [5.74, 6) is -0.150. The van der Waals surface area contributed by atoms with Gasteiger partial charge in [0.2, 0.25) is 4.96 Å². The van der Waals surface area contributed by atoms with Gasteiger partial charge < -0.3 is 0 Å². The van der Waals surface area contributed by atoms with Crippen molar-refractivity contribution in [1.29, 1.82) is 0 Å². The summed E-state index contributed by atoms with van der Waals surface area (Å²) in [6.07, 6.45) is 1.43. The molecule has 0 aliphatic heterocycles. The monoisotopic (exact) mass is 391 g/mol. The molecule has 0 spiro atoms. The van der Waals surface area contributed by atoms with E-state index in [-0.39, 0.29) is 16.1 Å². The van der Waals surface area contributed by atoms with Crippen LogP contribution in [0.2, 0.25) is 10.0 Å². The molecule has 0 N–H and O–H groups in total. The van der Waals surface area contributed by atoms with Crippen LogP contribution in [0.25, 0.3) is 22.4 Å². The zero-order valence-electron chi connectivity index (χ0n) is 12.4. The van der Waals surface area contributed by atoms with Crippen molar-refractivity contribution in [1.82, 2.24) is 14.6 Å². The molecule has 8 heteroatoms. The first kappa shape index (κ1) is 16.2. The van der Waals surface area contributed by atoms with Crippen LogP contribution in [-0.4, -0.2) is 14.6 Å². The van der Waals surface area contributed by atoms with Crippen LogP contribution in [0.5, 0.6) is 0 Å². The first-order chi connectivity index (χ1) is 12.1. The van der Waals surface area contributed by atoms with Crippen molar-refractivity contribution in [2.75, 3.05) is 0 Å². The Labute approximate surface area is 154 Å². The number of aromatic nitrogens is 3. The van der Waals surface area contributed by atoms with Crippen LogP contribution in [0.4, 0.5) is 4.39 Å². The van der Waals surface area contributed by atoms with Crippen LogP contribution >= 0.6 is 34.5 Å². The van der Waals surface area contributed by atoms with E-state index in [0.717, 1.165) is 11.3 Å². The molecule has 0 unspecified atom stereocenters. The zero-order valence-corrected chi connectivity index (χ0v) is 14.7. The molecular weight excluding hydrogens is 384 g/mol. The van der Waals surface area contributed by atoms with Gasteiger partial charge in [-0.3, -0.25) is 4.79 Å². The number of rotatable bonds is 2. The summed E-state index contributed by atoms with van der Waals surface area (Å²) in [6, 6.07) is 11.4. The zero-order chi connectivity index (χ0) is 17.6. The minimum atomic E-state index is -0.498. The van der Waals surface area contributed by atoms with Crippen molar-refractivity contribution < 1.29 is 4.39 Å². The second kappa shape index (κ2) is 6.22. The lowest BCUT2D eigenvalue weighted by Crippen LogP contribution is -2.23. The van der Waals surface area contributed by atoms with E-state index in [1.54, 1.807) is 30.3 Å². The summed E-state index contributed by atoms with van der Waals surface area (Å²) in [6.45, 7) is 0. The van der Waals surface area contributed by atoms with Gasteiger partial charge in [0.1, 0.15) is 5.82 Å². The highest BCUT2D eigenvalue weighted by atomic mass is 35.5. The second-order valence-electron chi connectivity index (χ2n) is 5.17. The number of nitrogens with zero attached hydrogens (tertiary/aromatic N) is 3. The Hall–Kier alpha value is -2.28. The average Bonchev–Trinajstić information content (AvgIpc) is 3.13. The lowest BCUT2D eigenvalue weighted by molar-refractivity contribution is 0.625. The molecule has 0 saturated carbocycles. The highest BCUT2D eigenvalue weighted by Gasteiger charge is 2.16. The summed E-state index contributed by atoms with van der Waals surface area (Å²) >= 11 is 13.3. The molecule has 0 bridgehead atoms. The van der Waals surface area contributed by atoms with Crippen molar-refractivity contribution in [3.8, 4) is 11.4 Å². The smallest absolute Gasteiger partial charge is 0.267 e. The maximum absolute atomic E-state index is 14.0. The molecule has 0 amide bonds. The normalized spacial score (nSPS) is 12.2. The number of thiazole rings is 1. The lowest BCUT2D eigenvalue weighted by atomic mass is 10.2. The third kappa shape index (κ3) is 2.72. The molecule has 0 aliphatic rings. The molecule has 0 aliphatic carbocycles. The Morgan fingerprint density at radius 3 is 2.56 bits per heavy atom. The maximum Gasteiger partial charge on any atom is 0.276 e. The van der Waals surface area contributed by atoms with Gasteiger partial charge in [0, 0.05) is 11.1 Å². The lowest BCUT2D eigenvalue weighted by Gasteiger charge is -1.99. The molecule has 25 heavy (non-hydrogen) atoms. The van der Waals surface area contributed by atoms with Crippen LogP contribution in [0.1, 0.15) is 5.56 Å². The van der Waals surface area contributed by atoms with Gasteiger partial charge in [0.25, 0.3) is 5.56 Å². The Morgan fingerprint density at radius 2 is 1.80 bits per heavy atom. The standard InChI is InChI=1S/C17H8Cl2FN3OS/c18-11-5-2-1-4-9(11)15-21-22-17-23(15)16(24)14(25-17)8-10-12(19)6-3-7-13(10)20/h1-8H/b14-8-. The van der Waals surface area contributed by atoms with Gasteiger partial charge >= 0.3 is 0 Å². The summed E-state index contributed by atoms with van der Waals surface area (Å²) < 4.78 is 15.7. The maximum atomic E-state index is 14.0. The average molecular weight is 392 g/mol. The Bertz CT molecular complexity index is 1200. The number of benzene rings is 2. The highest BCUT2D eigenvalue weighted by Crippen LogP contribution is 2.26. The first-order valence-electron chi connectivity index (χ1n) is 7.15. The van der Waals surface area contributed by atoms with E-state index in [9.17, 15) is 9.18 Å². The van der Waals surface area contributed by atoms with Gasteiger partial charge in [-0.1, -0.05) is 52.7 Å². The predicted molar refractivity (Wildman–Crippen MR) is 97.8 cm³/mol. The molecular formula is C17H8Cl2FN3OS. The molecule has 4 aromatic rings. The van der Waals surface area contributed by atoms with E-state index in [1.807, 2.05) is 0 Å². The van der Waals surface area contributed by atoms with Crippen molar-refractivity contribution in [3.05, 3.63) is 78.8 Å². The Kier molecular flexibility index (Phi) is 4.03. The number of fused-ring (bicyclic) bond motifs is 1. The van der Waals surface area contributed by atoms with E-state index in [4.69, 9.17) is 23.2 Å². The Balaban J connectivity index is 1.98. The van der Waals surface area contributed by atoms with E-state index in [1.165, 1.54) is 22.6 Å². The van der Waals surface area contributed by atoms with Crippen LogP contribution < -0.4 is 10.1 Å². The fourth-order valence-corrected chi connectivity index (χ4v) is 3.79. The van der Waals surface area contributed by atoms with Gasteiger partial charge in [0.15, 0.2) is 5.82 Å². The quantitative estimate of drug-likeness (QED) is 0.521. The molecule has 0 fully saturated rings. The largest absolute Gasteiger partial charge is 0.276 e. The molecule has 4 nitrogen and oxygen atoms in total.